The number of rotatable bonds is 7. The van der Waals surface area contributed by atoms with Crippen LogP contribution in [0, 0.1) is 0 Å². The Morgan fingerprint density at radius 1 is 1.09 bits per heavy atom. The lowest BCUT2D eigenvalue weighted by Gasteiger charge is -2.31. The van der Waals surface area contributed by atoms with E-state index in [1.807, 2.05) is 71.9 Å². The van der Waals surface area contributed by atoms with Gasteiger partial charge in [-0.3, -0.25) is 4.79 Å². The van der Waals surface area contributed by atoms with Crippen molar-refractivity contribution in [2.24, 2.45) is 0 Å². The van der Waals surface area contributed by atoms with E-state index in [1.54, 1.807) is 6.08 Å². The van der Waals surface area contributed by atoms with Crippen LogP contribution in [-0.4, -0.2) is 38.7 Å². The van der Waals surface area contributed by atoms with Gasteiger partial charge in [0.1, 0.15) is 24.5 Å². The number of likely N-dealkylation sites (tertiary alicyclic amines) is 1. The third kappa shape index (κ3) is 4.90. The molecule has 0 N–H and O–H groups in total. The Balaban J connectivity index is 1.20. The Morgan fingerprint density at radius 2 is 1.97 bits per heavy atom. The Hall–Kier alpha value is -3.41. The molecule has 0 bridgehead atoms. The first-order chi connectivity index (χ1) is 15.8. The van der Waals surface area contributed by atoms with Gasteiger partial charge >= 0.3 is 0 Å². The maximum absolute atomic E-state index is 12.9. The molecule has 1 aromatic heterocycles. The summed E-state index contributed by atoms with van der Waals surface area (Å²) in [5.41, 5.74) is 2.08. The molecule has 1 aliphatic heterocycles. The standard InChI is InChI=1S/C26H28N4O2/c31-25(29-15-5-9-22(17-29)26-28-27-19-30(26)23-12-13-23)14-11-20-8-4-10-24(16-20)32-18-21-6-2-1-3-7-21/h1-4,6-8,10-11,14,16,19,22-23H,5,9,12-13,15,17-18H2/b14-11+. The average Bonchev–Trinajstić information content (AvgIpc) is 3.58. The van der Waals surface area contributed by atoms with Crippen LogP contribution in [-0.2, 0) is 11.4 Å². The molecule has 6 nitrogen and oxygen atoms in total. The maximum atomic E-state index is 12.9. The first-order valence-electron chi connectivity index (χ1n) is 11.4. The van der Waals surface area contributed by atoms with Crippen molar-refractivity contribution in [2.45, 2.75) is 44.2 Å². The molecular formula is C26H28N4O2. The SMILES string of the molecule is O=C(/C=C/c1cccc(OCc2ccccc2)c1)N1CCCC(c2nncn2C2CC2)C1. The Labute approximate surface area is 188 Å². The number of aromatic nitrogens is 3. The van der Waals surface area contributed by atoms with E-state index < -0.39 is 0 Å². The van der Waals surface area contributed by atoms with Gasteiger partial charge in [-0.05, 0) is 55.0 Å². The molecule has 32 heavy (non-hydrogen) atoms. The van der Waals surface area contributed by atoms with Crippen LogP contribution in [0.15, 0.2) is 67.0 Å². The minimum absolute atomic E-state index is 0.0443. The molecule has 2 aliphatic rings. The summed E-state index contributed by atoms with van der Waals surface area (Å²) in [5, 5.41) is 8.51. The van der Waals surface area contributed by atoms with Crippen LogP contribution in [0.25, 0.3) is 6.08 Å². The van der Waals surface area contributed by atoms with Gasteiger partial charge in [0.2, 0.25) is 5.91 Å². The predicted octanol–water partition coefficient (Wildman–Crippen LogP) is 4.61. The zero-order valence-electron chi connectivity index (χ0n) is 18.1. The monoisotopic (exact) mass is 428 g/mol. The Morgan fingerprint density at radius 3 is 2.81 bits per heavy atom. The van der Waals surface area contributed by atoms with Crippen LogP contribution in [0.2, 0.25) is 0 Å². The molecule has 3 aromatic rings. The minimum Gasteiger partial charge on any atom is -0.489 e. The van der Waals surface area contributed by atoms with Crippen LogP contribution >= 0.6 is 0 Å². The van der Waals surface area contributed by atoms with Crippen molar-refractivity contribution in [3.63, 3.8) is 0 Å². The zero-order valence-corrected chi connectivity index (χ0v) is 18.1. The van der Waals surface area contributed by atoms with Gasteiger partial charge in [-0.2, -0.15) is 0 Å². The van der Waals surface area contributed by atoms with E-state index >= 15 is 0 Å². The molecule has 1 aliphatic carbocycles. The summed E-state index contributed by atoms with van der Waals surface area (Å²) < 4.78 is 8.12. The average molecular weight is 429 g/mol. The highest BCUT2D eigenvalue weighted by molar-refractivity contribution is 5.91. The number of hydrogen-bond acceptors (Lipinski definition) is 4. The molecule has 5 rings (SSSR count). The summed E-state index contributed by atoms with van der Waals surface area (Å²) in [6.07, 6.45) is 9.84. The molecule has 1 saturated carbocycles. The topological polar surface area (TPSA) is 60.2 Å². The van der Waals surface area contributed by atoms with E-state index in [2.05, 4.69) is 14.8 Å². The van der Waals surface area contributed by atoms with Gasteiger partial charge in [0.15, 0.2) is 0 Å². The second kappa shape index (κ2) is 9.39. The van der Waals surface area contributed by atoms with Crippen molar-refractivity contribution in [1.29, 1.82) is 0 Å². The molecule has 6 heteroatoms. The van der Waals surface area contributed by atoms with Crippen molar-refractivity contribution in [2.75, 3.05) is 13.1 Å². The van der Waals surface area contributed by atoms with Crippen molar-refractivity contribution in [3.05, 3.63) is 84.0 Å². The summed E-state index contributed by atoms with van der Waals surface area (Å²) in [4.78, 5) is 14.8. The summed E-state index contributed by atoms with van der Waals surface area (Å²) in [7, 11) is 0. The first-order valence-corrected chi connectivity index (χ1v) is 11.4. The van der Waals surface area contributed by atoms with Gasteiger partial charge in [0.05, 0.1) is 0 Å². The van der Waals surface area contributed by atoms with E-state index in [-0.39, 0.29) is 11.8 Å². The fraction of sp³-hybridized carbons (Fsp3) is 0.346. The van der Waals surface area contributed by atoms with Crippen molar-refractivity contribution in [1.82, 2.24) is 19.7 Å². The molecule has 1 amide bonds. The van der Waals surface area contributed by atoms with Crippen LogP contribution < -0.4 is 4.74 Å². The van der Waals surface area contributed by atoms with Gasteiger partial charge < -0.3 is 14.2 Å². The Kier molecular flexibility index (Phi) is 6.01. The minimum atomic E-state index is 0.0443. The highest BCUT2D eigenvalue weighted by atomic mass is 16.5. The van der Waals surface area contributed by atoms with Gasteiger partial charge in [0.25, 0.3) is 0 Å². The zero-order chi connectivity index (χ0) is 21.8. The third-order valence-corrected chi connectivity index (χ3v) is 6.16. The lowest BCUT2D eigenvalue weighted by Crippen LogP contribution is -2.38. The summed E-state index contributed by atoms with van der Waals surface area (Å²) in [6.45, 7) is 2.01. The van der Waals surface area contributed by atoms with Gasteiger partial charge in [-0.1, -0.05) is 42.5 Å². The molecule has 164 valence electrons. The molecule has 1 unspecified atom stereocenters. The summed E-state index contributed by atoms with van der Waals surface area (Å²) in [5.74, 6) is 2.14. The fourth-order valence-electron chi connectivity index (χ4n) is 4.29. The van der Waals surface area contributed by atoms with Gasteiger partial charge in [0, 0.05) is 31.1 Å². The van der Waals surface area contributed by atoms with E-state index in [1.165, 1.54) is 12.8 Å². The maximum Gasteiger partial charge on any atom is 0.246 e. The molecule has 2 heterocycles. The quantitative estimate of drug-likeness (QED) is 0.516. The van der Waals surface area contributed by atoms with Crippen LogP contribution in [0.5, 0.6) is 5.75 Å². The van der Waals surface area contributed by atoms with E-state index in [0.717, 1.165) is 42.1 Å². The van der Waals surface area contributed by atoms with E-state index in [0.29, 0.717) is 19.2 Å². The molecule has 1 saturated heterocycles. The number of amides is 1. The Bertz CT molecular complexity index is 1090. The number of carbonyl (C=O) groups is 1. The van der Waals surface area contributed by atoms with E-state index in [4.69, 9.17) is 4.74 Å². The van der Waals surface area contributed by atoms with Gasteiger partial charge in [-0.25, -0.2) is 0 Å². The smallest absolute Gasteiger partial charge is 0.246 e. The van der Waals surface area contributed by atoms with Crippen molar-refractivity contribution < 1.29 is 9.53 Å². The lowest BCUT2D eigenvalue weighted by molar-refractivity contribution is -0.127. The predicted molar refractivity (Wildman–Crippen MR) is 123 cm³/mol. The fourth-order valence-corrected chi connectivity index (χ4v) is 4.29. The van der Waals surface area contributed by atoms with Crippen molar-refractivity contribution in [3.8, 4) is 5.75 Å². The molecule has 0 radical (unpaired) electrons. The highest BCUT2D eigenvalue weighted by Gasteiger charge is 2.32. The third-order valence-electron chi connectivity index (χ3n) is 6.16. The second-order valence-electron chi connectivity index (χ2n) is 8.63. The van der Waals surface area contributed by atoms with Crippen LogP contribution in [0.4, 0.5) is 0 Å². The number of benzene rings is 2. The lowest BCUT2D eigenvalue weighted by atomic mass is 9.97. The number of nitrogens with zero attached hydrogens (tertiary/aromatic N) is 4. The highest BCUT2D eigenvalue weighted by Crippen LogP contribution is 2.38. The summed E-state index contributed by atoms with van der Waals surface area (Å²) >= 11 is 0. The molecule has 0 spiro atoms. The number of hydrogen-bond donors (Lipinski definition) is 0. The number of carbonyl (C=O) groups excluding carboxylic acids is 1. The largest absolute Gasteiger partial charge is 0.489 e. The first kappa shape index (κ1) is 20.5. The number of ether oxygens (including phenoxy) is 1. The van der Waals surface area contributed by atoms with Gasteiger partial charge in [-0.15, -0.1) is 10.2 Å². The number of piperidine rings is 1. The molecule has 2 fully saturated rings. The molecule has 1 atom stereocenters. The second-order valence-corrected chi connectivity index (χ2v) is 8.63. The molecular weight excluding hydrogens is 400 g/mol. The molecule has 2 aromatic carbocycles. The van der Waals surface area contributed by atoms with Crippen molar-refractivity contribution >= 4 is 12.0 Å². The van der Waals surface area contributed by atoms with Crippen LogP contribution in [0.1, 0.15) is 54.6 Å². The van der Waals surface area contributed by atoms with Crippen LogP contribution in [0.3, 0.4) is 0 Å². The normalized spacial score (nSPS) is 18.8. The van der Waals surface area contributed by atoms with E-state index in [9.17, 15) is 4.79 Å². The summed E-state index contributed by atoms with van der Waals surface area (Å²) in [6, 6.07) is 18.5.